The highest BCUT2D eigenvalue weighted by Gasteiger charge is 2.34. The number of rotatable bonds is 3. The van der Waals surface area contributed by atoms with Crippen LogP contribution in [0.25, 0.3) is 0 Å². The molecular weight excluding hydrogens is 292 g/mol. The Balaban J connectivity index is 1.98. The van der Waals surface area contributed by atoms with Crippen LogP contribution < -0.4 is 4.74 Å². The number of carbonyl (C=O) groups is 1. The van der Waals surface area contributed by atoms with Gasteiger partial charge in [0.05, 0.1) is 13.7 Å². The minimum Gasteiger partial charge on any atom is -0.492 e. The molecule has 1 aliphatic rings. The first-order chi connectivity index (χ1) is 10.8. The second-order valence-corrected chi connectivity index (χ2v) is 6.78. The number of aryl methyl sites for hydroxylation is 1. The molecule has 0 amide bonds. The van der Waals surface area contributed by atoms with Gasteiger partial charge in [0.1, 0.15) is 11.5 Å². The van der Waals surface area contributed by atoms with E-state index in [1.54, 1.807) is 6.07 Å². The van der Waals surface area contributed by atoms with Crippen LogP contribution in [0.5, 0.6) is 5.75 Å². The van der Waals surface area contributed by atoms with Crippen LogP contribution in [0.15, 0.2) is 22.6 Å². The summed E-state index contributed by atoms with van der Waals surface area (Å²) in [5, 5.41) is 0. The van der Waals surface area contributed by atoms with E-state index in [4.69, 9.17) is 9.15 Å². The van der Waals surface area contributed by atoms with Crippen LogP contribution in [0.4, 0.5) is 0 Å². The minimum atomic E-state index is -0.451. The molecule has 122 valence electrons. The van der Waals surface area contributed by atoms with Gasteiger partial charge >= 0.3 is 5.97 Å². The van der Waals surface area contributed by atoms with Crippen LogP contribution in [0.1, 0.15) is 52.4 Å². The van der Waals surface area contributed by atoms with Gasteiger partial charge in [-0.1, -0.05) is 13.8 Å². The maximum atomic E-state index is 11.5. The number of hydrogen-bond donors (Lipinski definition) is 0. The smallest absolute Gasteiger partial charge is 0.373 e. The monoisotopic (exact) mass is 314 g/mol. The van der Waals surface area contributed by atoms with Gasteiger partial charge in [-0.3, -0.25) is 0 Å². The van der Waals surface area contributed by atoms with Crippen LogP contribution in [-0.2, 0) is 16.6 Å². The molecule has 2 heterocycles. The number of ether oxygens (including phenoxy) is 2. The van der Waals surface area contributed by atoms with Gasteiger partial charge in [0, 0.05) is 17.4 Å². The number of esters is 1. The van der Waals surface area contributed by atoms with Gasteiger partial charge in [-0.2, -0.15) is 0 Å². The summed E-state index contributed by atoms with van der Waals surface area (Å²) in [4.78, 5) is 11.5. The summed E-state index contributed by atoms with van der Waals surface area (Å²) in [5.74, 6) is 1.53. The van der Waals surface area contributed by atoms with Crippen molar-refractivity contribution in [1.29, 1.82) is 0 Å². The summed E-state index contributed by atoms with van der Waals surface area (Å²) in [7, 11) is 1.35. The first kappa shape index (κ1) is 15.7. The largest absolute Gasteiger partial charge is 0.492 e. The molecular formula is C19H22O4. The van der Waals surface area contributed by atoms with E-state index in [0.717, 1.165) is 11.5 Å². The third kappa shape index (κ3) is 2.62. The molecule has 0 atom stereocenters. The number of methoxy groups -OCH3 is 1. The van der Waals surface area contributed by atoms with Crippen molar-refractivity contribution in [3.05, 3.63) is 52.0 Å². The fourth-order valence-electron chi connectivity index (χ4n) is 3.40. The fourth-order valence-corrected chi connectivity index (χ4v) is 3.40. The summed E-state index contributed by atoms with van der Waals surface area (Å²) in [6, 6.07) is 5.60. The van der Waals surface area contributed by atoms with Crippen molar-refractivity contribution in [1.82, 2.24) is 0 Å². The molecule has 0 fully saturated rings. The topological polar surface area (TPSA) is 48.7 Å². The molecule has 4 heteroatoms. The van der Waals surface area contributed by atoms with Crippen LogP contribution in [-0.4, -0.2) is 19.7 Å². The summed E-state index contributed by atoms with van der Waals surface area (Å²) in [6.07, 6.45) is 0.651. The van der Waals surface area contributed by atoms with Gasteiger partial charge in [0.15, 0.2) is 0 Å². The van der Waals surface area contributed by atoms with Crippen LogP contribution in [0.3, 0.4) is 0 Å². The number of carbonyl (C=O) groups excluding carboxylic acids is 1. The Morgan fingerprint density at radius 2 is 2.04 bits per heavy atom. The zero-order valence-corrected chi connectivity index (χ0v) is 14.3. The lowest BCUT2D eigenvalue weighted by Crippen LogP contribution is -2.20. The Labute approximate surface area is 136 Å². The molecule has 2 aromatic rings. The minimum absolute atomic E-state index is 0.0161. The normalized spacial score (nSPS) is 15.2. The average Bonchev–Trinajstić information content (AvgIpc) is 3.07. The third-order valence-corrected chi connectivity index (χ3v) is 4.56. The summed E-state index contributed by atoms with van der Waals surface area (Å²) >= 11 is 0. The summed E-state index contributed by atoms with van der Waals surface area (Å²) in [6.45, 7) is 9.34. The number of hydrogen-bond acceptors (Lipinski definition) is 4. The van der Waals surface area contributed by atoms with Crippen LogP contribution in [0, 0.1) is 13.8 Å². The summed E-state index contributed by atoms with van der Waals surface area (Å²) in [5.41, 5.74) is 4.95. The quantitative estimate of drug-likeness (QED) is 0.805. The number of furan rings is 1. The summed E-state index contributed by atoms with van der Waals surface area (Å²) < 4.78 is 16.1. The molecule has 1 aromatic heterocycles. The van der Waals surface area contributed by atoms with E-state index >= 15 is 0 Å². The fraction of sp³-hybridized carbons (Fsp3) is 0.421. The highest BCUT2D eigenvalue weighted by atomic mass is 16.5. The zero-order valence-electron chi connectivity index (χ0n) is 14.3. The Kier molecular flexibility index (Phi) is 3.71. The standard InChI is InChI=1S/C19H22O4/c1-11-8-16-17(19(3,4)10-22-16)12(2)14(11)9-13-6-7-15(23-13)18(20)21-5/h6-8H,9-10H2,1-5H3. The molecule has 0 radical (unpaired) electrons. The predicted octanol–water partition coefficient (Wildman–Crippen LogP) is 3.94. The lowest BCUT2D eigenvalue weighted by atomic mass is 9.81. The van der Waals surface area contributed by atoms with E-state index in [1.165, 1.54) is 29.4 Å². The van der Waals surface area contributed by atoms with Crippen molar-refractivity contribution >= 4 is 5.97 Å². The molecule has 1 aliphatic heterocycles. The van der Waals surface area contributed by atoms with E-state index < -0.39 is 5.97 Å². The zero-order chi connectivity index (χ0) is 16.8. The maximum Gasteiger partial charge on any atom is 0.373 e. The lowest BCUT2D eigenvalue weighted by molar-refractivity contribution is 0.0563. The molecule has 0 aliphatic carbocycles. The molecule has 23 heavy (non-hydrogen) atoms. The Hall–Kier alpha value is -2.23. The molecule has 0 spiro atoms. The van der Waals surface area contributed by atoms with Crippen molar-refractivity contribution in [2.45, 2.75) is 39.5 Å². The van der Waals surface area contributed by atoms with Crippen molar-refractivity contribution in [3.8, 4) is 5.75 Å². The molecule has 0 saturated heterocycles. The van der Waals surface area contributed by atoms with E-state index in [9.17, 15) is 4.79 Å². The third-order valence-electron chi connectivity index (χ3n) is 4.56. The first-order valence-electron chi connectivity index (χ1n) is 7.77. The van der Waals surface area contributed by atoms with Crippen molar-refractivity contribution < 1.29 is 18.7 Å². The van der Waals surface area contributed by atoms with E-state index in [0.29, 0.717) is 13.0 Å². The predicted molar refractivity (Wildman–Crippen MR) is 87.3 cm³/mol. The molecule has 0 unspecified atom stereocenters. The Morgan fingerprint density at radius 1 is 1.30 bits per heavy atom. The second kappa shape index (κ2) is 5.44. The highest BCUT2D eigenvalue weighted by molar-refractivity contribution is 5.86. The van der Waals surface area contributed by atoms with Gasteiger partial charge in [0.2, 0.25) is 5.76 Å². The first-order valence-corrected chi connectivity index (χ1v) is 7.77. The molecule has 1 aromatic carbocycles. The average molecular weight is 314 g/mol. The van der Waals surface area contributed by atoms with Gasteiger partial charge in [-0.05, 0) is 48.7 Å². The lowest BCUT2D eigenvalue weighted by Gasteiger charge is -2.20. The van der Waals surface area contributed by atoms with Gasteiger partial charge in [0.25, 0.3) is 0 Å². The second-order valence-electron chi connectivity index (χ2n) is 6.78. The van der Waals surface area contributed by atoms with Gasteiger partial charge in [-0.15, -0.1) is 0 Å². The Morgan fingerprint density at radius 3 is 2.74 bits per heavy atom. The number of benzene rings is 1. The molecule has 4 nitrogen and oxygen atoms in total. The molecule has 0 bridgehead atoms. The van der Waals surface area contributed by atoms with E-state index in [-0.39, 0.29) is 11.2 Å². The van der Waals surface area contributed by atoms with Crippen LogP contribution >= 0.6 is 0 Å². The molecule has 0 N–H and O–H groups in total. The van der Waals surface area contributed by atoms with Crippen LogP contribution in [0.2, 0.25) is 0 Å². The van der Waals surface area contributed by atoms with E-state index in [2.05, 4.69) is 38.5 Å². The van der Waals surface area contributed by atoms with Gasteiger partial charge in [-0.25, -0.2) is 4.79 Å². The van der Waals surface area contributed by atoms with Gasteiger partial charge < -0.3 is 13.9 Å². The number of fused-ring (bicyclic) bond motifs is 1. The molecule has 0 saturated carbocycles. The SMILES string of the molecule is COC(=O)c1ccc(Cc2c(C)cc3c(c2C)C(C)(C)CO3)o1. The van der Waals surface area contributed by atoms with Crippen molar-refractivity contribution in [3.63, 3.8) is 0 Å². The Bertz CT molecular complexity index is 768. The van der Waals surface area contributed by atoms with Crippen molar-refractivity contribution in [2.24, 2.45) is 0 Å². The highest BCUT2D eigenvalue weighted by Crippen LogP contribution is 2.43. The van der Waals surface area contributed by atoms with Crippen molar-refractivity contribution in [2.75, 3.05) is 13.7 Å². The van der Waals surface area contributed by atoms with E-state index in [1.807, 2.05) is 6.07 Å². The maximum absolute atomic E-state index is 11.5. The molecule has 3 rings (SSSR count).